The molecule has 3 aromatic rings. The fourth-order valence-electron chi connectivity index (χ4n) is 2.15. The molecule has 0 aliphatic carbocycles. The van der Waals surface area contributed by atoms with Gasteiger partial charge in [0.2, 0.25) is 0 Å². The number of nitrogens with one attached hydrogen (secondary N) is 1. The summed E-state index contributed by atoms with van der Waals surface area (Å²) in [5.74, 6) is -0.466. The first-order valence-electron chi connectivity index (χ1n) is 7.51. The van der Waals surface area contributed by atoms with Gasteiger partial charge in [-0.2, -0.15) is 0 Å². The maximum Gasteiger partial charge on any atom is 0.277 e. The van der Waals surface area contributed by atoms with E-state index in [9.17, 15) is 9.18 Å². The fraction of sp³-hybridized carbons (Fsp3) is 0.0526. The minimum atomic E-state index is -0.646. The second kappa shape index (κ2) is 8.14. The van der Waals surface area contributed by atoms with Crippen molar-refractivity contribution in [2.45, 2.75) is 10.6 Å². The molecule has 0 saturated heterocycles. The molecule has 0 radical (unpaired) electrons. The van der Waals surface area contributed by atoms with Gasteiger partial charge in [0.25, 0.3) is 5.91 Å². The smallest absolute Gasteiger partial charge is 0.277 e. The Morgan fingerprint density at radius 3 is 2.56 bits per heavy atom. The molecule has 0 fully saturated rings. The summed E-state index contributed by atoms with van der Waals surface area (Å²) in [6.07, 6.45) is 1.38. The average Bonchev–Trinajstić information content (AvgIpc) is 2.62. The number of hydrogen-bond donors (Lipinski definition) is 1. The summed E-state index contributed by atoms with van der Waals surface area (Å²) in [6.45, 7) is 0. The largest absolute Gasteiger partial charge is 0.321 e. The van der Waals surface area contributed by atoms with Crippen LogP contribution < -0.4 is 5.32 Å². The molecule has 1 amide bonds. The molecule has 0 spiro atoms. The monoisotopic (exact) mass is 372 g/mol. The van der Waals surface area contributed by atoms with Gasteiger partial charge in [-0.1, -0.05) is 29.8 Å². The third-order valence-corrected chi connectivity index (χ3v) is 4.87. The lowest BCUT2D eigenvalue weighted by molar-refractivity contribution is 0.101. The van der Waals surface area contributed by atoms with Crippen LogP contribution >= 0.6 is 23.4 Å². The van der Waals surface area contributed by atoms with E-state index < -0.39 is 11.7 Å². The number of thioether (sulfide) groups is 1. The van der Waals surface area contributed by atoms with Gasteiger partial charge in [0.15, 0.2) is 11.5 Å². The minimum Gasteiger partial charge on any atom is -0.321 e. The zero-order valence-electron chi connectivity index (χ0n) is 13.1. The van der Waals surface area contributed by atoms with Crippen LogP contribution in [0.3, 0.4) is 0 Å². The molecule has 2 aromatic carbocycles. The second-order valence-corrected chi connectivity index (χ2v) is 6.65. The second-order valence-electron chi connectivity index (χ2n) is 5.19. The summed E-state index contributed by atoms with van der Waals surface area (Å²) < 4.78 is 13.6. The molecule has 126 valence electrons. The van der Waals surface area contributed by atoms with Crippen LogP contribution in [0.25, 0.3) is 0 Å². The number of nitrogens with zero attached hydrogens (tertiary/aromatic N) is 1. The molecule has 3 rings (SSSR count). The molecule has 25 heavy (non-hydrogen) atoms. The van der Waals surface area contributed by atoms with E-state index >= 15 is 0 Å². The topological polar surface area (TPSA) is 42.0 Å². The van der Waals surface area contributed by atoms with Gasteiger partial charge in [-0.05, 0) is 48.0 Å². The van der Waals surface area contributed by atoms with Crippen molar-refractivity contribution in [3.63, 3.8) is 0 Å². The van der Waals surface area contributed by atoms with Crippen LogP contribution in [0.5, 0.6) is 0 Å². The van der Waals surface area contributed by atoms with E-state index in [1.54, 1.807) is 23.9 Å². The summed E-state index contributed by atoms with van der Waals surface area (Å²) in [6, 6.07) is 17.7. The number of halogens is 2. The number of rotatable bonds is 5. The number of carbonyl (C=O) groups excluding carboxylic acids is 1. The number of amides is 1. The molecule has 3 nitrogen and oxygen atoms in total. The molecule has 0 unspecified atom stereocenters. The van der Waals surface area contributed by atoms with Gasteiger partial charge < -0.3 is 5.32 Å². The van der Waals surface area contributed by atoms with E-state index in [0.717, 1.165) is 21.2 Å². The third kappa shape index (κ3) is 4.59. The summed E-state index contributed by atoms with van der Waals surface area (Å²) in [5, 5.41) is 3.38. The first-order valence-corrected chi connectivity index (χ1v) is 8.88. The predicted octanol–water partition coefficient (Wildman–Crippen LogP) is 5.42. The number of hydrogen-bond acceptors (Lipinski definition) is 3. The molecular weight excluding hydrogens is 359 g/mol. The maximum absolute atomic E-state index is 13.6. The highest BCUT2D eigenvalue weighted by Gasteiger charge is 2.12. The molecular formula is C19H14ClFN2OS. The number of carbonyl (C=O) groups is 1. The van der Waals surface area contributed by atoms with Gasteiger partial charge in [0, 0.05) is 27.6 Å². The zero-order valence-corrected chi connectivity index (χ0v) is 14.7. The molecule has 0 aliphatic rings. The van der Waals surface area contributed by atoms with Crippen molar-refractivity contribution in [3.05, 3.63) is 89.0 Å². The number of benzene rings is 2. The van der Waals surface area contributed by atoms with E-state index in [1.807, 2.05) is 36.4 Å². The molecule has 1 heterocycles. The molecule has 1 aromatic heterocycles. The van der Waals surface area contributed by atoms with Gasteiger partial charge in [0.05, 0.1) is 0 Å². The van der Waals surface area contributed by atoms with E-state index in [-0.39, 0.29) is 5.69 Å². The van der Waals surface area contributed by atoms with Crippen molar-refractivity contribution >= 4 is 35.0 Å². The Morgan fingerprint density at radius 1 is 1.08 bits per heavy atom. The lowest BCUT2D eigenvalue weighted by Crippen LogP contribution is -2.15. The Labute approximate surface area is 154 Å². The van der Waals surface area contributed by atoms with Crippen molar-refractivity contribution in [2.24, 2.45) is 0 Å². The van der Waals surface area contributed by atoms with Crippen LogP contribution in [0, 0.1) is 5.82 Å². The van der Waals surface area contributed by atoms with Gasteiger partial charge in [-0.3, -0.25) is 4.79 Å². The Kier molecular flexibility index (Phi) is 5.68. The standard InChI is InChI=1S/C19H14ClFN2OS/c20-16-5-2-1-4-13(16)12-25-15-9-7-14(8-10-15)23-19(24)18-17(21)6-3-11-22-18/h1-11H,12H2,(H,23,24). The Hall–Kier alpha value is -2.37. The van der Waals surface area contributed by atoms with Crippen molar-refractivity contribution in [3.8, 4) is 0 Å². The van der Waals surface area contributed by atoms with E-state index in [4.69, 9.17) is 11.6 Å². The lowest BCUT2D eigenvalue weighted by atomic mass is 10.2. The zero-order chi connectivity index (χ0) is 17.6. The lowest BCUT2D eigenvalue weighted by Gasteiger charge is -2.07. The molecule has 1 N–H and O–H groups in total. The predicted molar refractivity (Wildman–Crippen MR) is 99.6 cm³/mol. The summed E-state index contributed by atoms with van der Waals surface area (Å²) in [4.78, 5) is 16.8. The van der Waals surface area contributed by atoms with Crippen molar-refractivity contribution in [1.29, 1.82) is 0 Å². The normalized spacial score (nSPS) is 10.5. The number of pyridine rings is 1. The summed E-state index contributed by atoms with van der Waals surface area (Å²) in [7, 11) is 0. The highest BCUT2D eigenvalue weighted by atomic mass is 35.5. The first kappa shape index (κ1) is 17.5. The molecule has 6 heteroatoms. The van der Waals surface area contributed by atoms with Gasteiger partial charge in [0.1, 0.15) is 0 Å². The van der Waals surface area contributed by atoms with Crippen LogP contribution in [0.4, 0.5) is 10.1 Å². The minimum absolute atomic E-state index is 0.223. The number of aromatic nitrogens is 1. The number of anilines is 1. The van der Waals surface area contributed by atoms with Gasteiger partial charge in [-0.15, -0.1) is 11.8 Å². The fourth-order valence-corrected chi connectivity index (χ4v) is 3.34. The summed E-state index contributed by atoms with van der Waals surface area (Å²) >= 11 is 7.79. The Bertz CT molecular complexity index is 887. The highest BCUT2D eigenvalue weighted by Crippen LogP contribution is 2.27. The van der Waals surface area contributed by atoms with Crippen LogP contribution in [-0.2, 0) is 5.75 Å². The van der Waals surface area contributed by atoms with E-state index in [1.165, 1.54) is 18.3 Å². The first-order chi connectivity index (χ1) is 12.1. The molecule has 0 aliphatic heterocycles. The van der Waals surface area contributed by atoms with Crippen LogP contribution in [0.1, 0.15) is 16.1 Å². The highest BCUT2D eigenvalue weighted by molar-refractivity contribution is 7.98. The van der Waals surface area contributed by atoms with Crippen molar-refractivity contribution < 1.29 is 9.18 Å². The van der Waals surface area contributed by atoms with Gasteiger partial charge in [-0.25, -0.2) is 9.37 Å². The quantitative estimate of drug-likeness (QED) is 0.608. The SMILES string of the molecule is O=C(Nc1ccc(SCc2ccccc2Cl)cc1)c1ncccc1F. The van der Waals surface area contributed by atoms with Crippen molar-refractivity contribution in [2.75, 3.05) is 5.32 Å². The van der Waals surface area contributed by atoms with Crippen LogP contribution in [0.2, 0.25) is 5.02 Å². The molecule has 0 saturated carbocycles. The van der Waals surface area contributed by atoms with E-state index in [2.05, 4.69) is 10.3 Å². The van der Waals surface area contributed by atoms with Crippen LogP contribution in [0.15, 0.2) is 71.8 Å². The Morgan fingerprint density at radius 2 is 1.84 bits per heavy atom. The van der Waals surface area contributed by atoms with Crippen molar-refractivity contribution in [1.82, 2.24) is 4.98 Å². The molecule has 0 atom stereocenters. The summed E-state index contributed by atoms with van der Waals surface area (Å²) in [5.41, 5.74) is 1.42. The van der Waals surface area contributed by atoms with E-state index in [0.29, 0.717) is 5.69 Å². The Balaban J connectivity index is 1.62. The maximum atomic E-state index is 13.6. The third-order valence-electron chi connectivity index (χ3n) is 3.44. The average molecular weight is 373 g/mol. The van der Waals surface area contributed by atoms with Gasteiger partial charge >= 0.3 is 0 Å². The molecule has 0 bridgehead atoms. The van der Waals surface area contributed by atoms with Crippen LogP contribution in [-0.4, -0.2) is 10.9 Å².